The van der Waals surface area contributed by atoms with E-state index >= 15 is 0 Å². The third-order valence-corrected chi connectivity index (χ3v) is 8.29. The molecule has 2 saturated heterocycles. The number of carbonyl (C=O) groups is 1. The first-order valence-corrected chi connectivity index (χ1v) is 14.6. The summed E-state index contributed by atoms with van der Waals surface area (Å²) in [6.45, 7) is 11.4. The summed E-state index contributed by atoms with van der Waals surface area (Å²) in [5.41, 5.74) is 2.30. The first-order valence-electron chi connectivity index (χ1n) is 14.6. The zero-order valence-electron chi connectivity index (χ0n) is 24.7. The number of aliphatic hydroxyl groups is 1. The average molecular weight is 563 g/mol. The molecule has 1 spiro atoms. The molecule has 7 nitrogen and oxygen atoms in total. The minimum absolute atomic E-state index is 0.0306. The van der Waals surface area contributed by atoms with E-state index in [1.165, 1.54) is 11.6 Å². The van der Waals surface area contributed by atoms with Gasteiger partial charge < -0.3 is 28.8 Å². The Labute approximate surface area is 243 Å². The van der Waals surface area contributed by atoms with Crippen molar-refractivity contribution in [3.63, 3.8) is 0 Å². The van der Waals surface area contributed by atoms with Gasteiger partial charge in [0.15, 0.2) is 0 Å². The van der Waals surface area contributed by atoms with Crippen molar-refractivity contribution in [1.82, 2.24) is 0 Å². The van der Waals surface area contributed by atoms with Crippen molar-refractivity contribution >= 4 is 12.0 Å². The molecule has 2 aliphatic heterocycles. The SMILES string of the molecule is CC(C)=CCC1O[C@@]1(C)C1[C@H](O)[C@H](OC(=O)/C=C/c2ccc(Oc3ccc(COC(C)C)cc3)cc2)CC[C@]12CO2. The molecule has 7 heteroatoms. The summed E-state index contributed by atoms with van der Waals surface area (Å²) in [5.74, 6) is 0.715. The second-order valence-corrected chi connectivity index (χ2v) is 12.2. The monoisotopic (exact) mass is 562 g/mol. The van der Waals surface area contributed by atoms with Crippen molar-refractivity contribution < 1.29 is 33.6 Å². The zero-order valence-corrected chi connectivity index (χ0v) is 24.7. The van der Waals surface area contributed by atoms with Gasteiger partial charge in [0, 0.05) is 6.08 Å². The van der Waals surface area contributed by atoms with Crippen molar-refractivity contribution in [1.29, 1.82) is 0 Å². The molecule has 0 amide bonds. The van der Waals surface area contributed by atoms with Crippen LogP contribution < -0.4 is 4.74 Å². The van der Waals surface area contributed by atoms with Gasteiger partial charge in [0.25, 0.3) is 0 Å². The van der Waals surface area contributed by atoms with Gasteiger partial charge in [-0.2, -0.15) is 0 Å². The van der Waals surface area contributed by atoms with Gasteiger partial charge in [-0.25, -0.2) is 4.79 Å². The van der Waals surface area contributed by atoms with E-state index in [2.05, 4.69) is 19.9 Å². The van der Waals surface area contributed by atoms with Crippen LogP contribution in [-0.4, -0.2) is 53.3 Å². The number of carbonyl (C=O) groups excluding carboxylic acids is 1. The lowest BCUT2D eigenvalue weighted by Gasteiger charge is -2.40. The first-order chi connectivity index (χ1) is 19.6. The van der Waals surface area contributed by atoms with Gasteiger partial charge in [0.05, 0.1) is 37.4 Å². The predicted octanol–water partition coefficient (Wildman–Crippen LogP) is 6.38. The van der Waals surface area contributed by atoms with Crippen LogP contribution in [-0.2, 0) is 30.3 Å². The van der Waals surface area contributed by atoms with Crippen molar-refractivity contribution in [2.24, 2.45) is 5.92 Å². The summed E-state index contributed by atoms with van der Waals surface area (Å²) in [6, 6.07) is 15.3. The Morgan fingerprint density at radius 1 is 1.10 bits per heavy atom. The van der Waals surface area contributed by atoms with Crippen molar-refractivity contribution in [3.8, 4) is 11.5 Å². The molecule has 2 aromatic rings. The Balaban J connectivity index is 1.13. The number of esters is 1. The summed E-state index contributed by atoms with van der Waals surface area (Å²) < 4.78 is 29.3. The van der Waals surface area contributed by atoms with Gasteiger partial charge in [-0.3, -0.25) is 0 Å². The fourth-order valence-electron chi connectivity index (χ4n) is 5.87. The largest absolute Gasteiger partial charge is 0.457 e. The Morgan fingerprint density at radius 2 is 1.76 bits per heavy atom. The fraction of sp³-hybridized carbons (Fsp3) is 0.500. The van der Waals surface area contributed by atoms with Gasteiger partial charge in [0.1, 0.15) is 28.8 Å². The van der Waals surface area contributed by atoms with Gasteiger partial charge in [-0.15, -0.1) is 0 Å². The van der Waals surface area contributed by atoms with Crippen LogP contribution in [0.15, 0.2) is 66.3 Å². The number of benzene rings is 2. The molecular weight excluding hydrogens is 520 g/mol. The van der Waals surface area contributed by atoms with E-state index in [1.54, 1.807) is 6.08 Å². The quantitative estimate of drug-likeness (QED) is 0.147. The summed E-state index contributed by atoms with van der Waals surface area (Å²) in [6.07, 6.45) is 6.13. The molecule has 2 heterocycles. The van der Waals surface area contributed by atoms with Crippen LogP contribution in [0.1, 0.15) is 65.0 Å². The molecule has 1 aliphatic carbocycles. The Kier molecular flexibility index (Phi) is 8.71. The molecule has 5 rings (SSSR count). The smallest absolute Gasteiger partial charge is 0.331 e. The van der Waals surface area contributed by atoms with Gasteiger partial charge >= 0.3 is 5.97 Å². The van der Waals surface area contributed by atoms with Crippen LogP contribution in [0.3, 0.4) is 0 Å². The first kappa shape index (κ1) is 29.5. The molecule has 2 unspecified atom stereocenters. The van der Waals surface area contributed by atoms with Crippen LogP contribution in [0, 0.1) is 5.92 Å². The van der Waals surface area contributed by atoms with E-state index in [9.17, 15) is 9.90 Å². The van der Waals surface area contributed by atoms with Crippen LogP contribution in [0.2, 0.25) is 0 Å². The van der Waals surface area contributed by atoms with E-state index in [0.29, 0.717) is 25.4 Å². The third kappa shape index (κ3) is 7.09. The Bertz CT molecular complexity index is 1250. The minimum atomic E-state index is -0.849. The average Bonchev–Trinajstić information content (AvgIpc) is 3.85. The third-order valence-electron chi connectivity index (χ3n) is 8.29. The number of epoxide rings is 2. The molecular formula is C34H42O7. The number of aliphatic hydroxyl groups excluding tert-OH is 1. The van der Waals surface area contributed by atoms with Gasteiger partial charge in [-0.1, -0.05) is 35.9 Å². The molecule has 6 atom stereocenters. The number of hydrogen-bond acceptors (Lipinski definition) is 7. The summed E-state index contributed by atoms with van der Waals surface area (Å²) in [5, 5.41) is 11.3. The Hall–Kier alpha value is -2.97. The normalized spacial score (nSPS) is 30.4. The van der Waals surface area contributed by atoms with Crippen LogP contribution in [0.5, 0.6) is 11.5 Å². The van der Waals surface area contributed by atoms with E-state index < -0.39 is 23.8 Å². The standard InChI is InChI=1S/C34H42O7/c1-22(2)6-16-29-33(5,41-29)32-31(36)28(18-19-34(32)21-38-34)40-30(35)17-11-24-7-12-26(13-8-24)39-27-14-9-25(10-15-27)20-37-23(3)4/h6-15,17,23,28-29,31-32,36H,16,18-21H2,1-5H3/b17-11+/t28-,29?,31-,32?,33-,34+/m1/s1. The van der Waals surface area contributed by atoms with Crippen molar-refractivity contribution in [2.75, 3.05) is 6.61 Å². The highest BCUT2D eigenvalue weighted by Crippen LogP contribution is 2.59. The Morgan fingerprint density at radius 3 is 2.37 bits per heavy atom. The maximum absolute atomic E-state index is 12.7. The van der Waals surface area contributed by atoms with Crippen molar-refractivity contribution in [3.05, 3.63) is 77.4 Å². The predicted molar refractivity (Wildman–Crippen MR) is 157 cm³/mol. The van der Waals surface area contributed by atoms with Crippen LogP contribution >= 0.6 is 0 Å². The molecule has 220 valence electrons. The van der Waals surface area contributed by atoms with Crippen LogP contribution in [0.25, 0.3) is 6.08 Å². The van der Waals surface area contributed by atoms with E-state index in [1.807, 2.05) is 69.3 Å². The minimum Gasteiger partial charge on any atom is -0.457 e. The van der Waals surface area contributed by atoms with Crippen molar-refractivity contribution in [2.45, 2.75) is 96.1 Å². The lowest BCUT2D eigenvalue weighted by atomic mass is 9.68. The number of allylic oxidation sites excluding steroid dienone is 1. The molecule has 3 fully saturated rings. The van der Waals surface area contributed by atoms with Gasteiger partial charge in [-0.05, 0) is 95.3 Å². The van der Waals surface area contributed by atoms with Crippen LogP contribution in [0.4, 0.5) is 0 Å². The molecule has 2 aromatic carbocycles. The summed E-state index contributed by atoms with van der Waals surface area (Å²) >= 11 is 0. The molecule has 0 radical (unpaired) electrons. The maximum atomic E-state index is 12.7. The highest BCUT2D eigenvalue weighted by molar-refractivity contribution is 5.87. The number of ether oxygens (including phenoxy) is 5. The molecule has 1 N–H and O–H groups in total. The number of rotatable bonds is 11. The molecule has 1 saturated carbocycles. The second kappa shape index (κ2) is 12.1. The van der Waals surface area contributed by atoms with E-state index in [-0.39, 0.29) is 23.7 Å². The lowest BCUT2D eigenvalue weighted by molar-refractivity contribution is -0.162. The second-order valence-electron chi connectivity index (χ2n) is 12.2. The highest BCUT2D eigenvalue weighted by atomic mass is 16.6. The fourth-order valence-corrected chi connectivity index (χ4v) is 5.87. The topological polar surface area (TPSA) is 90.0 Å². The lowest BCUT2D eigenvalue weighted by Crippen LogP contribution is -2.54. The zero-order chi connectivity index (χ0) is 29.2. The van der Waals surface area contributed by atoms with E-state index in [4.69, 9.17) is 23.7 Å². The van der Waals surface area contributed by atoms with E-state index in [0.717, 1.165) is 29.7 Å². The highest BCUT2D eigenvalue weighted by Gasteiger charge is 2.71. The molecule has 0 aromatic heterocycles. The molecule has 3 aliphatic rings. The summed E-state index contributed by atoms with van der Waals surface area (Å²) in [7, 11) is 0. The van der Waals surface area contributed by atoms with Gasteiger partial charge in [0.2, 0.25) is 0 Å². The number of hydrogen-bond donors (Lipinski definition) is 1. The molecule has 41 heavy (non-hydrogen) atoms. The summed E-state index contributed by atoms with van der Waals surface area (Å²) in [4.78, 5) is 12.7. The molecule has 0 bridgehead atoms. The maximum Gasteiger partial charge on any atom is 0.331 e.